The molecule has 10 heteroatoms. The summed E-state index contributed by atoms with van der Waals surface area (Å²) in [7, 11) is 0. The molecule has 0 unspecified atom stereocenters. The zero-order chi connectivity index (χ0) is 20.6. The minimum Gasteiger partial charge on any atom is -0.346 e. The number of nitrogens with one attached hydrogen (secondary N) is 1. The third-order valence-electron chi connectivity index (χ3n) is 4.74. The van der Waals surface area contributed by atoms with Crippen LogP contribution in [0.25, 0.3) is 5.69 Å². The van der Waals surface area contributed by atoms with Crippen molar-refractivity contribution in [1.29, 1.82) is 0 Å². The van der Waals surface area contributed by atoms with Crippen molar-refractivity contribution in [2.45, 2.75) is 38.5 Å². The van der Waals surface area contributed by atoms with E-state index in [1.165, 1.54) is 24.3 Å². The molecule has 3 aromatic rings. The second kappa shape index (κ2) is 7.55. The summed E-state index contributed by atoms with van der Waals surface area (Å²) in [5.41, 5.74) is -0.908. The molecule has 0 fully saturated rings. The lowest BCUT2D eigenvalue weighted by Gasteiger charge is -2.12. The van der Waals surface area contributed by atoms with Crippen molar-refractivity contribution >= 4 is 17.5 Å². The number of alkyl halides is 3. The summed E-state index contributed by atoms with van der Waals surface area (Å²) in [4.78, 5) is 16.9. The highest BCUT2D eigenvalue weighted by molar-refractivity contribution is 6.30. The van der Waals surface area contributed by atoms with E-state index < -0.39 is 23.3 Å². The van der Waals surface area contributed by atoms with Crippen LogP contribution in [-0.2, 0) is 25.7 Å². The Hall–Kier alpha value is -2.81. The van der Waals surface area contributed by atoms with Crippen molar-refractivity contribution in [2.75, 3.05) is 0 Å². The zero-order valence-corrected chi connectivity index (χ0v) is 16.0. The number of aromatic nitrogens is 4. The van der Waals surface area contributed by atoms with Crippen LogP contribution in [0.15, 0.2) is 36.7 Å². The van der Waals surface area contributed by atoms with Crippen LogP contribution in [0.2, 0.25) is 5.02 Å². The van der Waals surface area contributed by atoms with Gasteiger partial charge >= 0.3 is 6.18 Å². The summed E-state index contributed by atoms with van der Waals surface area (Å²) in [6, 6.07) is 5.72. The van der Waals surface area contributed by atoms with Gasteiger partial charge in [0.2, 0.25) is 0 Å². The monoisotopic (exact) mass is 423 g/mol. The fourth-order valence-corrected chi connectivity index (χ4v) is 3.51. The number of imidazole rings is 1. The van der Waals surface area contributed by atoms with Crippen molar-refractivity contribution in [3.63, 3.8) is 0 Å². The van der Waals surface area contributed by atoms with Crippen molar-refractivity contribution in [3.8, 4) is 5.69 Å². The summed E-state index contributed by atoms with van der Waals surface area (Å²) >= 11 is 5.80. The molecule has 0 aliphatic carbocycles. The molecule has 2 aromatic heterocycles. The number of benzene rings is 1. The summed E-state index contributed by atoms with van der Waals surface area (Å²) in [6.45, 7) is 0.907. The number of carbonyl (C=O) groups excluding carboxylic acids is 1. The summed E-state index contributed by atoms with van der Waals surface area (Å²) < 4.78 is 43.8. The summed E-state index contributed by atoms with van der Waals surface area (Å²) in [5, 5.41) is 6.69. The Balaban J connectivity index is 1.58. The smallest absolute Gasteiger partial charge is 0.346 e. The maximum atomic E-state index is 13.7. The highest BCUT2D eigenvalue weighted by Gasteiger charge is 2.40. The lowest BCUT2D eigenvalue weighted by atomic mass is 10.2. The first-order chi connectivity index (χ1) is 13.8. The molecule has 0 radical (unpaired) electrons. The van der Waals surface area contributed by atoms with E-state index in [-0.39, 0.29) is 12.2 Å². The molecule has 0 saturated heterocycles. The van der Waals surface area contributed by atoms with Crippen LogP contribution < -0.4 is 5.32 Å². The molecule has 3 heterocycles. The van der Waals surface area contributed by atoms with Gasteiger partial charge in [0.05, 0.1) is 29.7 Å². The number of nitrogens with zero attached hydrogens (tertiary/aromatic N) is 4. The zero-order valence-electron chi connectivity index (χ0n) is 15.2. The molecular weight excluding hydrogens is 407 g/mol. The Bertz CT molecular complexity index is 1020. The summed E-state index contributed by atoms with van der Waals surface area (Å²) in [6.07, 6.45) is 0.966. The van der Waals surface area contributed by atoms with Gasteiger partial charge in [0.1, 0.15) is 5.82 Å². The molecule has 0 spiro atoms. The van der Waals surface area contributed by atoms with Crippen molar-refractivity contribution < 1.29 is 18.0 Å². The van der Waals surface area contributed by atoms with Gasteiger partial charge in [-0.3, -0.25) is 4.79 Å². The van der Waals surface area contributed by atoms with E-state index >= 15 is 0 Å². The predicted octanol–water partition coefficient (Wildman–Crippen LogP) is 4.01. The molecule has 1 aliphatic heterocycles. The molecular formula is C19H17ClF3N5O. The third kappa shape index (κ3) is 4.00. The number of hydrogen-bond donors (Lipinski definition) is 1. The predicted molar refractivity (Wildman–Crippen MR) is 99.9 cm³/mol. The molecule has 0 saturated carbocycles. The Kier molecular flexibility index (Phi) is 5.08. The lowest BCUT2D eigenvalue weighted by Crippen LogP contribution is -2.26. The van der Waals surface area contributed by atoms with E-state index in [9.17, 15) is 18.0 Å². The Morgan fingerprint density at radius 3 is 2.66 bits per heavy atom. The molecule has 0 bridgehead atoms. The van der Waals surface area contributed by atoms with Gasteiger partial charge in [0.15, 0.2) is 5.69 Å². The Morgan fingerprint density at radius 1 is 1.21 bits per heavy atom. The Labute approximate surface area is 169 Å². The minimum absolute atomic E-state index is 0.0439. The number of carbonyl (C=O) groups is 1. The van der Waals surface area contributed by atoms with E-state index in [0.29, 0.717) is 15.4 Å². The number of aryl methyl sites for hydroxylation is 2. The Morgan fingerprint density at radius 2 is 1.97 bits per heavy atom. The molecule has 29 heavy (non-hydrogen) atoms. The largest absolute Gasteiger partial charge is 0.434 e. The van der Waals surface area contributed by atoms with Crippen molar-refractivity contribution in [1.82, 2.24) is 24.6 Å². The molecule has 1 amide bonds. The van der Waals surface area contributed by atoms with E-state index in [1.807, 2.05) is 10.8 Å². The van der Waals surface area contributed by atoms with Gasteiger partial charge in [0.25, 0.3) is 5.91 Å². The van der Waals surface area contributed by atoms with Crippen LogP contribution >= 0.6 is 11.6 Å². The SMILES string of the molecule is O=C(NCc1cn2c(n1)CCCC2)c1cnn(-c2ccc(Cl)cc2)c1C(F)(F)F. The van der Waals surface area contributed by atoms with Crippen LogP contribution in [0.5, 0.6) is 0 Å². The van der Waals surface area contributed by atoms with E-state index in [0.717, 1.165) is 37.8 Å². The lowest BCUT2D eigenvalue weighted by molar-refractivity contribution is -0.143. The standard InChI is InChI=1S/C19H17ClF3N5O/c20-12-4-6-14(7-5-12)28-17(19(21,22)23)15(10-25-28)18(29)24-9-13-11-27-8-2-1-3-16(27)26-13/h4-7,10-11H,1-3,8-9H2,(H,24,29). The fraction of sp³-hybridized carbons (Fsp3) is 0.316. The molecule has 4 rings (SSSR count). The number of rotatable bonds is 4. The van der Waals surface area contributed by atoms with Crippen molar-refractivity contribution in [2.24, 2.45) is 0 Å². The normalized spacial score (nSPS) is 13.9. The molecule has 6 nitrogen and oxygen atoms in total. The number of amides is 1. The number of hydrogen-bond acceptors (Lipinski definition) is 3. The highest BCUT2D eigenvalue weighted by atomic mass is 35.5. The number of fused-ring (bicyclic) bond motifs is 1. The van der Waals surface area contributed by atoms with Gasteiger partial charge < -0.3 is 9.88 Å². The fourth-order valence-electron chi connectivity index (χ4n) is 3.39. The van der Waals surface area contributed by atoms with Crippen LogP contribution in [0, 0.1) is 0 Å². The number of halogens is 4. The van der Waals surface area contributed by atoms with E-state index in [1.54, 1.807) is 0 Å². The summed E-state index contributed by atoms with van der Waals surface area (Å²) in [5.74, 6) is 0.0792. The van der Waals surface area contributed by atoms with Gasteiger partial charge in [0, 0.05) is 24.2 Å². The first-order valence-corrected chi connectivity index (χ1v) is 9.45. The average molecular weight is 424 g/mol. The van der Waals surface area contributed by atoms with E-state index in [2.05, 4.69) is 15.4 Å². The van der Waals surface area contributed by atoms with Crippen LogP contribution in [0.1, 0.15) is 40.4 Å². The second-order valence-corrected chi connectivity index (χ2v) is 7.21. The second-order valence-electron chi connectivity index (χ2n) is 6.77. The van der Waals surface area contributed by atoms with Gasteiger partial charge in [-0.05, 0) is 37.1 Å². The highest BCUT2D eigenvalue weighted by Crippen LogP contribution is 2.34. The quantitative estimate of drug-likeness (QED) is 0.689. The molecule has 1 aromatic carbocycles. The molecule has 0 atom stereocenters. The van der Waals surface area contributed by atoms with Gasteiger partial charge in [-0.2, -0.15) is 18.3 Å². The van der Waals surface area contributed by atoms with Crippen LogP contribution in [0.4, 0.5) is 13.2 Å². The van der Waals surface area contributed by atoms with Crippen LogP contribution in [0.3, 0.4) is 0 Å². The minimum atomic E-state index is -4.77. The van der Waals surface area contributed by atoms with Gasteiger partial charge in [-0.25, -0.2) is 9.67 Å². The van der Waals surface area contributed by atoms with Crippen molar-refractivity contribution in [3.05, 3.63) is 64.5 Å². The van der Waals surface area contributed by atoms with Crippen LogP contribution in [-0.4, -0.2) is 25.2 Å². The molecule has 1 N–H and O–H groups in total. The first kappa shape index (κ1) is 19.5. The first-order valence-electron chi connectivity index (χ1n) is 9.07. The molecule has 152 valence electrons. The maximum absolute atomic E-state index is 13.7. The van der Waals surface area contributed by atoms with Gasteiger partial charge in [-0.1, -0.05) is 11.6 Å². The van der Waals surface area contributed by atoms with Gasteiger partial charge in [-0.15, -0.1) is 0 Å². The topological polar surface area (TPSA) is 64.7 Å². The van der Waals surface area contributed by atoms with E-state index in [4.69, 9.17) is 11.6 Å². The third-order valence-corrected chi connectivity index (χ3v) is 4.99. The molecule has 1 aliphatic rings. The average Bonchev–Trinajstić information content (AvgIpc) is 3.30. The maximum Gasteiger partial charge on any atom is 0.434 e.